The van der Waals surface area contributed by atoms with Gasteiger partial charge in [-0.25, -0.2) is 8.57 Å². The third-order valence-electron chi connectivity index (χ3n) is 2.19. The van der Waals surface area contributed by atoms with Crippen LogP contribution in [0.15, 0.2) is 28.6 Å². The number of aryl methyl sites for hydroxylation is 1. The Morgan fingerprint density at radius 1 is 1.38 bits per heavy atom. The second kappa shape index (κ2) is 5.12. The molecule has 1 unspecified atom stereocenters. The molecule has 1 aromatic carbocycles. The van der Waals surface area contributed by atoms with E-state index in [9.17, 15) is 9.00 Å². The number of carboxylic acid groups (broad SMARTS) is 1. The van der Waals surface area contributed by atoms with E-state index in [0.29, 0.717) is 0 Å². The van der Waals surface area contributed by atoms with Gasteiger partial charge in [-0.1, -0.05) is 29.8 Å². The summed E-state index contributed by atoms with van der Waals surface area (Å²) >= 11 is 0. The number of rotatable bonds is 4. The van der Waals surface area contributed by atoms with Crippen LogP contribution in [0, 0.1) is 6.92 Å². The number of benzene rings is 1. The zero-order chi connectivity index (χ0) is 12.2. The first-order valence-electron chi connectivity index (χ1n) is 4.83. The molecule has 1 rings (SSSR count). The van der Waals surface area contributed by atoms with Crippen molar-refractivity contribution in [2.75, 3.05) is 12.8 Å². The molecule has 0 radical (unpaired) electrons. The zero-order valence-electron chi connectivity index (χ0n) is 9.34. The average Bonchev–Trinajstić information content (AvgIpc) is 2.20. The maximum Gasteiger partial charge on any atom is 0.317 e. The fourth-order valence-corrected chi connectivity index (χ4v) is 2.78. The molecule has 4 nitrogen and oxygen atoms in total. The summed E-state index contributed by atoms with van der Waals surface area (Å²) in [5, 5.41) is 8.66. The molecule has 1 aromatic rings. The number of carboxylic acids is 1. The van der Waals surface area contributed by atoms with Crippen molar-refractivity contribution in [1.29, 1.82) is 0 Å². The van der Waals surface area contributed by atoms with E-state index in [4.69, 9.17) is 5.11 Å². The van der Waals surface area contributed by atoms with Gasteiger partial charge in [0.05, 0.1) is 15.5 Å². The summed E-state index contributed by atoms with van der Waals surface area (Å²) in [5.41, 5.74) is 1.96. The van der Waals surface area contributed by atoms with Gasteiger partial charge in [0.25, 0.3) is 0 Å². The smallest absolute Gasteiger partial charge is 0.317 e. The Morgan fingerprint density at radius 3 is 2.38 bits per heavy atom. The second-order valence-electron chi connectivity index (χ2n) is 3.62. The molecule has 0 saturated heterocycles. The molecule has 0 aromatic heterocycles. The standard InChI is InChI=1S/C11H15NO3S/c1-9-3-5-10(6-4-9)7-16(15,12-2)8-11(13)14/h3-6H,7-8H2,1-2H3,(H,13,14). The first-order valence-corrected chi connectivity index (χ1v) is 6.68. The summed E-state index contributed by atoms with van der Waals surface area (Å²) < 4.78 is 15.8. The predicted octanol–water partition coefficient (Wildman–Crippen LogP) is 1.68. The van der Waals surface area contributed by atoms with Crippen molar-refractivity contribution in [3.8, 4) is 0 Å². The van der Waals surface area contributed by atoms with Crippen LogP contribution in [0.25, 0.3) is 0 Å². The van der Waals surface area contributed by atoms with Gasteiger partial charge in [-0.2, -0.15) is 0 Å². The van der Waals surface area contributed by atoms with Crippen molar-refractivity contribution in [2.24, 2.45) is 4.36 Å². The van der Waals surface area contributed by atoms with Gasteiger partial charge in [0, 0.05) is 7.05 Å². The minimum atomic E-state index is -2.67. The van der Waals surface area contributed by atoms with Gasteiger partial charge in [-0.15, -0.1) is 0 Å². The summed E-state index contributed by atoms with van der Waals surface area (Å²) in [7, 11) is -1.26. The summed E-state index contributed by atoms with van der Waals surface area (Å²) in [6.45, 7) is 1.96. The van der Waals surface area contributed by atoms with Crippen LogP contribution in [-0.4, -0.2) is 28.1 Å². The molecular weight excluding hydrogens is 226 g/mol. The van der Waals surface area contributed by atoms with Gasteiger partial charge < -0.3 is 5.11 Å². The van der Waals surface area contributed by atoms with E-state index in [2.05, 4.69) is 4.36 Å². The van der Waals surface area contributed by atoms with Gasteiger partial charge >= 0.3 is 5.97 Å². The monoisotopic (exact) mass is 241 g/mol. The predicted molar refractivity (Wildman–Crippen MR) is 63.9 cm³/mol. The third-order valence-corrected chi connectivity index (χ3v) is 4.34. The Hall–Kier alpha value is -1.36. The molecule has 1 N–H and O–H groups in total. The van der Waals surface area contributed by atoms with Crippen LogP contribution < -0.4 is 0 Å². The van der Waals surface area contributed by atoms with E-state index in [-0.39, 0.29) is 5.75 Å². The lowest BCUT2D eigenvalue weighted by Gasteiger charge is -2.07. The van der Waals surface area contributed by atoms with E-state index >= 15 is 0 Å². The molecule has 0 bridgehead atoms. The first-order chi connectivity index (χ1) is 7.45. The number of hydrogen-bond acceptors (Lipinski definition) is 3. The van der Waals surface area contributed by atoms with Gasteiger partial charge in [0.15, 0.2) is 0 Å². The van der Waals surface area contributed by atoms with Crippen LogP contribution >= 0.6 is 0 Å². The molecule has 0 aliphatic rings. The Labute approximate surface area is 95.5 Å². The highest BCUT2D eigenvalue weighted by Gasteiger charge is 2.14. The van der Waals surface area contributed by atoms with Gasteiger partial charge in [-0.3, -0.25) is 4.79 Å². The molecule has 0 amide bonds. The fourth-order valence-electron chi connectivity index (χ4n) is 1.32. The Morgan fingerprint density at radius 2 is 1.94 bits per heavy atom. The summed E-state index contributed by atoms with van der Waals surface area (Å²) in [5.74, 6) is -1.30. The van der Waals surface area contributed by atoms with Crippen LogP contribution in [0.3, 0.4) is 0 Å². The molecular formula is C11H15NO3S. The largest absolute Gasteiger partial charge is 0.481 e. The highest BCUT2D eigenvalue weighted by molar-refractivity contribution is 7.93. The van der Waals surface area contributed by atoms with Gasteiger partial charge in [0.1, 0.15) is 5.75 Å². The average molecular weight is 241 g/mol. The van der Waals surface area contributed by atoms with Crippen LogP contribution in [0.4, 0.5) is 0 Å². The molecule has 5 heteroatoms. The zero-order valence-corrected chi connectivity index (χ0v) is 10.2. The maximum atomic E-state index is 12.1. The summed E-state index contributed by atoms with van der Waals surface area (Å²) in [6, 6.07) is 7.52. The highest BCUT2D eigenvalue weighted by atomic mass is 32.2. The minimum Gasteiger partial charge on any atom is -0.481 e. The number of nitrogens with zero attached hydrogens (tertiary/aromatic N) is 1. The Bertz CT molecular complexity index is 484. The molecule has 0 saturated carbocycles. The van der Waals surface area contributed by atoms with Crippen molar-refractivity contribution in [1.82, 2.24) is 0 Å². The minimum absolute atomic E-state index is 0.191. The number of hydrogen-bond donors (Lipinski definition) is 1. The Balaban J connectivity index is 2.90. The Kier molecular flexibility index (Phi) is 4.06. The quantitative estimate of drug-likeness (QED) is 0.872. The SMILES string of the molecule is CN=S(=O)(CC(=O)O)Cc1ccc(C)cc1. The van der Waals surface area contributed by atoms with E-state index in [1.54, 1.807) is 0 Å². The van der Waals surface area contributed by atoms with Crippen molar-refractivity contribution in [3.63, 3.8) is 0 Å². The number of carbonyl (C=O) groups is 1. The van der Waals surface area contributed by atoms with Crippen molar-refractivity contribution in [2.45, 2.75) is 12.7 Å². The summed E-state index contributed by atoms with van der Waals surface area (Å²) in [4.78, 5) is 10.6. The lowest BCUT2D eigenvalue weighted by atomic mass is 10.2. The van der Waals surface area contributed by atoms with E-state index in [0.717, 1.165) is 11.1 Å². The molecule has 1 atom stereocenters. The molecule has 0 fully saturated rings. The lowest BCUT2D eigenvalue weighted by molar-refractivity contribution is -0.134. The third kappa shape index (κ3) is 3.66. The summed E-state index contributed by atoms with van der Waals surface area (Å²) in [6.07, 6.45) is 0. The molecule has 0 aliphatic heterocycles. The van der Waals surface area contributed by atoms with Crippen LogP contribution in [0.1, 0.15) is 11.1 Å². The molecule has 16 heavy (non-hydrogen) atoms. The van der Waals surface area contributed by atoms with Gasteiger partial charge in [0.2, 0.25) is 0 Å². The van der Waals surface area contributed by atoms with Crippen LogP contribution in [-0.2, 0) is 20.3 Å². The highest BCUT2D eigenvalue weighted by Crippen LogP contribution is 2.10. The maximum absolute atomic E-state index is 12.1. The molecule has 88 valence electrons. The van der Waals surface area contributed by atoms with Crippen molar-refractivity contribution >= 4 is 15.7 Å². The van der Waals surface area contributed by atoms with E-state index in [1.807, 2.05) is 31.2 Å². The first kappa shape index (κ1) is 12.7. The van der Waals surface area contributed by atoms with Crippen molar-refractivity contribution < 1.29 is 14.1 Å². The lowest BCUT2D eigenvalue weighted by Crippen LogP contribution is -2.16. The normalized spacial score (nSPS) is 14.1. The topological polar surface area (TPSA) is 66.7 Å². The van der Waals surface area contributed by atoms with Crippen LogP contribution in [0.5, 0.6) is 0 Å². The van der Waals surface area contributed by atoms with Crippen LogP contribution in [0.2, 0.25) is 0 Å². The second-order valence-corrected chi connectivity index (χ2v) is 6.11. The number of aliphatic carboxylic acids is 1. The van der Waals surface area contributed by atoms with E-state index < -0.39 is 21.5 Å². The van der Waals surface area contributed by atoms with Gasteiger partial charge in [-0.05, 0) is 12.5 Å². The molecule has 0 aliphatic carbocycles. The molecule has 0 spiro atoms. The molecule has 0 heterocycles. The van der Waals surface area contributed by atoms with Crippen molar-refractivity contribution in [3.05, 3.63) is 35.4 Å². The van der Waals surface area contributed by atoms with E-state index in [1.165, 1.54) is 7.05 Å². The fraction of sp³-hybridized carbons (Fsp3) is 0.364.